The van der Waals surface area contributed by atoms with Crippen LogP contribution in [-0.4, -0.2) is 60.2 Å². The average molecular weight is 295 g/mol. The van der Waals surface area contributed by atoms with E-state index in [1.165, 1.54) is 0 Å². The first kappa shape index (κ1) is 16.2. The van der Waals surface area contributed by atoms with E-state index in [4.69, 9.17) is 9.47 Å². The fraction of sp³-hybridized carbons (Fsp3) is 0.625. The molecule has 2 unspecified atom stereocenters. The first-order chi connectivity index (χ1) is 9.93. The topological polar surface area (TPSA) is 62.2 Å². The van der Waals surface area contributed by atoms with Gasteiger partial charge in [-0.3, -0.25) is 4.90 Å². The molecule has 0 bridgehead atoms. The highest BCUT2D eigenvalue weighted by atomic mass is 16.5. The van der Waals surface area contributed by atoms with Crippen LogP contribution in [0, 0.1) is 0 Å². The summed E-state index contributed by atoms with van der Waals surface area (Å²) in [7, 11) is 1.61. The van der Waals surface area contributed by atoms with E-state index < -0.39 is 6.10 Å². The number of methoxy groups -OCH3 is 1. The third kappa shape index (κ3) is 4.41. The molecule has 5 heteroatoms. The molecule has 1 aliphatic rings. The second kappa shape index (κ2) is 6.75. The molecule has 2 N–H and O–H groups in total. The van der Waals surface area contributed by atoms with Gasteiger partial charge >= 0.3 is 0 Å². The van der Waals surface area contributed by atoms with Crippen LogP contribution in [0.3, 0.4) is 0 Å². The van der Waals surface area contributed by atoms with Crippen LogP contribution in [0.5, 0.6) is 5.75 Å². The van der Waals surface area contributed by atoms with Crippen molar-refractivity contribution in [3.05, 3.63) is 29.8 Å². The number of ether oxygens (including phenoxy) is 2. The minimum Gasteiger partial charge on any atom is -0.497 e. The fourth-order valence-corrected chi connectivity index (χ4v) is 2.85. The Morgan fingerprint density at radius 1 is 1.48 bits per heavy atom. The van der Waals surface area contributed by atoms with E-state index in [2.05, 4.69) is 4.90 Å². The van der Waals surface area contributed by atoms with E-state index in [9.17, 15) is 10.2 Å². The van der Waals surface area contributed by atoms with Gasteiger partial charge in [0.2, 0.25) is 0 Å². The predicted octanol–water partition coefficient (Wildman–Crippen LogP) is 1.20. The van der Waals surface area contributed by atoms with Gasteiger partial charge in [-0.1, -0.05) is 12.1 Å². The van der Waals surface area contributed by atoms with Crippen LogP contribution in [0.2, 0.25) is 0 Å². The minimum atomic E-state index is -0.589. The number of hydrogen-bond donors (Lipinski definition) is 2. The van der Waals surface area contributed by atoms with E-state index in [1.54, 1.807) is 7.11 Å². The molecule has 1 aliphatic heterocycles. The molecule has 1 aromatic rings. The molecule has 0 saturated carbocycles. The first-order valence-electron chi connectivity index (χ1n) is 7.26. The second-order valence-electron chi connectivity index (χ2n) is 6.17. The summed E-state index contributed by atoms with van der Waals surface area (Å²) in [6, 6.07) is 7.47. The normalized spacial score (nSPS) is 23.8. The zero-order valence-corrected chi connectivity index (χ0v) is 13.0. The van der Waals surface area contributed by atoms with E-state index in [0.717, 1.165) is 17.9 Å². The van der Waals surface area contributed by atoms with Crippen molar-refractivity contribution in [1.29, 1.82) is 0 Å². The summed E-state index contributed by atoms with van der Waals surface area (Å²) in [5.74, 6) is 0.738. The SMILES string of the molecule is COc1cccc(C(O)CN2CC(CO)OC(C)(C)C2)c1. The highest BCUT2D eigenvalue weighted by Gasteiger charge is 2.33. The molecule has 0 spiro atoms. The van der Waals surface area contributed by atoms with Crippen LogP contribution >= 0.6 is 0 Å². The molecular weight excluding hydrogens is 270 g/mol. The van der Waals surface area contributed by atoms with Crippen molar-refractivity contribution < 1.29 is 19.7 Å². The third-order valence-electron chi connectivity index (χ3n) is 3.67. The van der Waals surface area contributed by atoms with E-state index >= 15 is 0 Å². The predicted molar refractivity (Wildman–Crippen MR) is 80.4 cm³/mol. The number of morpholine rings is 1. The van der Waals surface area contributed by atoms with Crippen LogP contribution in [0.25, 0.3) is 0 Å². The highest BCUT2D eigenvalue weighted by Crippen LogP contribution is 2.24. The zero-order chi connectivity index (χ0) is 15.5. The maximum absolute atomic E-state index is 10.4. The van der Waals surface area contributed by atoms with Crippen LogP contribution < -0.4 is 4.74 Å². The molecule has 2 atom stereocenters. The van der Waals surface area contributed by atoms with Crippen molar-refractivity contribution in [1.82, 2.24) is 4.90 Å². The van der Waals surface area contributed by atoms with Crippen molar-refractivity contribution in [3.8, 4) is 5.75 Å². The largest absolute Gasteiger partial charge is 0.497 e. The maximum Gasteiger partial charge on any atom is 0.119 e. The van der Waals surface area contributed by atoms with E-state index in [0.29, 0.717) is 13.1 Å². The molecule has 5 nitrogen and oxygen atoms in total. The Morgan fingerprint density at radius 2 is 2.24 bits per heavy atom. The van der Waals surface area contributed by atoms with Gasteiger partial charge in [0.05, 0.1) is 31.5 Å². The lowest BCUT2D eigenvalue weighted by Crippen LogP contribution is -2.54. The highest BCUT2D eigenvalue weighted by molar-refractivity contribution is 5.29. The van der Waals surface area contributed by atoms with Crippen LogP contribution in [0.15, 0.2) is 24.3 Å². The first-order valence-corrected chi connectivity index (χ1v) is 7.26. The minimum absolute atomic E-state index is 0.00478. The molecule has 0 aliphatic carbocycles. The standard InChI is InChI=1S/C16H25NO4/c1-16(2)11-17(8-14(10-18)21-16)9-15(19)12-5-4-6-13(7-12)20-3/h4-7,14-15,18-19H,8-11H2,1-3H3. The monoisotopic (exact) mass is 295 g/mol. The quantitative estimate of drug-likeness (QED) is 0.855. The van der Waals surface area contributed by atoms with Gasteiger partial charge in [-0.15, -0.1) is 0 Å². The van der Waals surface area contributed by atoms with Gasteiger partial charge in [0.15, 0.2) is 0 Å². The van der Waals surface area contributed by atoms with Gasteiger partial charge in [-0.25, -0.2) is 0 Å². The lowest BCUT2D eigenvalue weighted by molar-refractivity contribution is -0.153. The van der Waals surface area contributed by atoms with E-state index in [1.807, 2.05) is 38.1 Å². The van der Waals surface area contributed by atoms with Gasteiger partial charge in [0.25, 0.3) is 0 Å². The molecule has 1 heterocycles. The van der Waals surface area contributed by atoms with Crippen molar-refractivity contribution >= 4 is 0 Å². The summed E-state index contributed by atoms with van der Waals surface area (Å²) >= 11 is 0. The third-order valence-corrected chi connectivity index (χ3v) is 3.67. The number of β-amino-alcohol motifs (C(OH)–C–C–N with tert-alkyl or cyclic N) is 1. The van der Waals surface area contributed by atoms with Crippen molar-refractivity contribution in [2.75, 3.05) is 33.4 Å². The number of aliphatic hydroxyl groups is 2. The van der Waals surface area contributed by atoms with Crippen LogP contribution in [-0.2, 0) is 4.74 Å². The van der Waals surface area contributed by atoms with Gasteiger partial charge in [-0.2, -0.15) is 0 Å². The molecule has 1 fully saturated rings. The lowest BCUT2D eigenvalue weighted by Gasteiger charge is -2.42. The number of hydrogen-bond acceptors (Lipinski definition) is 5. The number of rotatable bonds is 5. The molecule has 1 aromatic carbocycles. The van der Waals surface area contributed by atoms with Crippen molar-refractivity contribution in [2.45, 2.75) is 31.7 Å². The smallest absolute Gasteiger partial charge is 0.119 e. The molecule has 0 amide bonds. The molecule has 118 valence electrons. The summed E-state index contributed by atoms with van der Waals surface area (Å²) < 4.78 is 11.0. The average Bonchev–Trinajstić information content (AvgIpc) is 2.45. The summed E-state index contributed by atoms with van der Waals surface area (Å²) in [4.78, 5) is 2.13. The van der Waals surface area contributed by atoms with Crippen molar-refractivity contribution in [2.24, 2.45) is 0 Å². The summed E-state index contributed by atoms with van der Waals surface area (Å²) in [5, 5.41) is 19.8. The Kier molecular flexibility index (Phi) is 5.22. The van der Waals surface area contributed by atoms with Crippen LogP contribution in [0.1, 0.15) is 25.5 Å². The Labute approximate surface area is 126 Å². The summed E-state index contributed by atoms with van der Waals surface area (Å²) in [6.45, 7) is 5.86. The molecule has 0 aromatic heterocycles. The van der Waals surface area contributed by atoms with Gasteiger partial charge < -0.3 is 19.7 Å². The number of benzene rings is 1. The molecule has 0 radical (unpaired) electrons. The molecule has 2 rings (SSSR count). The fourth-order valence-electron chi connectivity index (χ4n) is 2.85. The lowest BCUT2D eigenvalue weighted by atomic mass is 10.0. The van der Waals surface area contributed by atoms with E-state index in [-0.39, 0.29) is 18.3 Å². The number of aliphatic hydroxyl groups excluding tert-OH is 2. The summed E-state index contributed by atoms with van der Waals surface area (Å²) in [5.41, 5.74) is 0.513. The van der Waals surface area contributed by atoms with Gasteiger partial charge in [0.1, 0.15) is 5.75 Å². The zero-order valence-electron chi connectivity index (χ0n) is 13.0. The maximum atomic E-state index is 10.4. The Morgan fingerprint density at radius 3 is 2.90 bits per heavy atom. The Balaban J connectivity index is 2.02. The van der Waals surface area contributed by atoms with Gasteiger partial charge in [0, 0.05) is 19.6 Å². The van der Waals surface area contributed by atoms with Gasteiger partial charge in [-0.05, 0) is 31.5 Å². The molecule has 1 saturated heterocycles. The van der Waals surface area contributed by atoms with Crippen molar-refractivity contribution in [3.63, 3.8) is 0 Å². The Bertz CT molecular complexity index is 463. The second-order valence-corrected chi connectivity index (χ2v) is 6.17. The Hall–Kier alpha value is -1.14. The summed E-state index contributed by atoms with van der Waals surface area (Å²) in [6.07, 6.45) is -0.792. The number of nitrogens with zero attached hydrogens (tertiary/aromatic N) is 1. The van der Waals surface area contributed by atoms with Crippen LogP contribution in [0.4, 0.5) is 0 Å². The molecule has 21 heavy (non-hydrogen) atoms. The molecular formula is C16H25NO4.